The van der Waals surface area contributed by atoms with Crippen molar-refractivity contribution < 1.29 is 4.92 Å². The minimum Gasteiger partial charge on any atom is -0.327 e. The predicted molar refractivity (Wildman–Crippen MR) is 39.3 cm³/mol. The summed E-state index contributed by atoms with van der Waals surface area (Å²) in [6, 6.07) is -0.532. The number of nitrogens with two attached hydrogens (primary N) is 1. The van der Waals surface area contributed by atoms with Gasteiger partial charge < -0.3 is 5.73 Å². The Hall–Kier alpha value is -0.640. The zero-order valence-electron chi connectivity index (χ0n) is 6.41. The molecule has 0 saturated heterocycles. The standard InChI is InChI=1S/C6H14N2O2/c1-3-6(7)4-5(2)8(9)10/h5-6H,3-4,7H2,1-2H3. The quantitative estimate of drug-likeness (QED) is 0.470. The molecule has 0 aromatic carbocycles. The molecule has 0 bridgehead atoms. The Balaban J connectivity index is 3.56. The Labute approximate surface area is 60.6 Å². The number of nitro groups is 1. The van der Waals surface area contributed by atoms with E-state index in [4.69, 9.17) is 5.73 Å². The minimum absolute atomic E-state index is 0.0274. The van der Waals surface area contributed by atoms with Crippen LogP contribution in [-0.4, -0.2) is 17.0 Å². The second kappa shape index (κ2) is 4.22. The molecule has 0 aromatic heterocycles. The molecule has 2 N–H and O–H groups in total. The summed E-state index contributed by atoms with van der Waals surface area (Å²) in [4.78, 5) is 9.80. The summed E-state index contributed by atoms with van der Waals surface area (Å²) in [6.07, 6.45) is 1.28. The van der Waals surface area contributed by atoms with Gasteiger partial charge in [-0.15, -0.1) is 0 Å². The van der Waals surface area contributed by atoms with Crippen LogP contribution in [0.25, 0.3) is 0 Å². The molecule has 0 heterocycles. The van der Waals surface area contributed by atoms with Crippen molar-refractivity contribution in [3.63, 3.8) is 0 Å². The number of hydrogen-bond acceptors (Lipinski definition) is 3. The summed E-state index contributed by atoms with van der Waals surface area (Å²) in [6.45, 7) is 3.51. The van der Waals surface area contributed by atoms with Gasteiger partial charge in [0.1, 0.15) is 0 Å². The van der Waals surface area contributed by atoms with Gasteiger partial charge in [-0.1, -0.05) is 6.92 Å². The van der Waals surface area contributed by atoms with Crippen molar-refractivity contribution in [1.29, 1.82) is 0 Å². The van der Waals surface area contributed by atoms with Crippen LogP contribution in [0.1, 0.15) is 26.7 Å². The molecule has 0 radical (unpaired) electrons. The van der Waals surface area contributed by atoms with Crippen molar-refractivity contribution in [1.82, 2.24) is 0 Å². The first kappa shape index (κ1) is 9.36. The highest BCUT2D eigenvalue weighted by atomic mass is 16.6. The lowest BCUT2D eigenvalue weighted by atomic mass is 10.1. The van der Waals surface area contributed by atoms with E-state index in [9.17, 15) is 10.1 Å². The summed E-state index contributed by atoms with van der Waals surface area (Å²) in [5.41, 5.74) is 5.51. The van der Waals surface area contributed by atoms with E-state index >= 15 is 0 Å². The molecule has 0 aliphatic rings. The molecular formula is C6H14N2O2. The van der Waals surface area contributed by atoms with Gasteiger partial charge in [0, 0.05) is 24.3 Å². The van der Waals surface area contributed by atoms with Crippen molar-refractivity contribution in [2.75, 3.05) is 0 Å². The molecule has 0 saturated carbocycles. The normalized spacial score (nSPS) is 16.3. The molecular weight excluding hydrogens is 132 g/mol. The van der Waals surface area contributed by atoms with Gasteiger partial charge in [-0.25, -0.2) is 0 Å². The van der Waals surface area contributed by atoms with Crippen LogP contribution in [0, 0.1) is 10.1 Å². The van der Waals surface area contributed by atoms with E-state index in [0.717, 1.165) is 6.42 Å². The van der Waals surface area contributed by atoms with E-state index in [0.29, 0.717) is 6.42 Å². The molecule has 0 spiro atoms. The van der Waals surface area contributed by atoms with Gasteiger partial charge in [0.2, 0.25) is 6.04 Å². The molecule has 0 amide bonds. The predicted octanol–water partition coefficient (Wildman–Crippen LogP) is 0.779. The van der Waals surface area contributed by atoms with Gasteiger partial charge in [-0.05, 0) is 6.42 Å². The van der Waals surface area contributed by atoms with Crippen molar-refractivity contribution in [3.05, 3.63) is 10.1 Å². The Morgan fingerprint density at radius 2 is 2.20 bits per heavy atom. The molecule has 60 valence electrons. The first-order valence-electron chi connectivity index (χ1n) is 3.47. The molecule has 0 aliphatic carbocycles. The van der Waals surface area contributed by atoms with Crippen LogP contribution < -0.4 is 5.73 Å². The highest BCUT2D eigenvalue weighted by Crippen LogP contribution is 2.01. The van der Waals surface area contributed by atoms with E-state index in [1.54, 1.807) is 6.92 Å². The maximum absolute atomic E-state index is 10.1. The largest absolute Gasteiger partial charge is 0.327 e. The minimum atomic E-state index is -0.505. The lowest BCUT2D eigenvalue weighted by molar-refractivity contribution is -0.519. The summed E-state index contributed by atoms with van der Waals surface area (Å²) in [5.74, 6) is 0. The molecule has 2 unspecified atom stereocenters. The average Bonchev–Trinajstić information content (AvgIpc) is 1.87. The van der Waals surface area contributed by atoms with Crippen LogP contribution >= 0.6 is 0 Å². The molecule has 10 heavy (non-hydrogen) atoms. The van der Waals surface area contributed by atoms with E-state index in [1.165, 1.54) is 0 Å². The second-order valence-corrected chi connectivity index (χ2v) is 2.54. The van der Waals surface area contributed by atoms with Crippen LogP contribution in [0.4, 0.5) is 0 Å². The van der Waals surface area contributed by atoms with E-state index in [-0.39, 0.29) is 11.0 Å². The Kier molecular flexibility index (Phi) is 3.95. The third-order valence-electron chi connectivity index (χ3n) is 1.53. The van der Waals surface area contributed by atoms with Crippen LogP contribution in [0.2, 0.25) is 0 Å². The summed E-state index contributed by atoms with van der Waals surface area (Å²) >= 11 is 0. The van der Waals surface area contributed by atoms with Gasteiger partial charge in [-0.2, -0.15) is 0 Å². The molecule has 0 aromatic rings. The Morgan fingerprint density at radius 1 is 1.70 bits per heavy atom. The molecule has 4 nitrogen and oxygen atoms in total. The van der Waals surface area contributed by atoms with Crippen molar-refractivity contribution >= 4 is 0 Å². The highest BCUT2D eigenvalue weighted by Gasteiger charge is 2.15. The summed E-state index contributed by atoms with van der Waals surface area (Å²) in [5, 5.41) is 10.1. The van der Waals surface area contributed by atoms with Gasteiger partial charge in [0.05, 0.1) is 0 Å². The monoisotopic (exact) mass is 146 g/mol. The van der Waals surface area contributed by atoms with Crippen molar-refractivity contribution in [2.24, 2.45) is 5.73 Å². The fraction of sp³-hybridized carbons (Fsp3) is 1.00. The molecule has 0 aliphatic heterocycles. The van der Waals surface area contributed by atoms with Crippen molar-refractivity contribution in [3.8, 4) is 0 Å². The van der Waals surface area contributed by atoms with Gasteiger partial charge in [0.15, 0.2) is 0 Å². The van der Waals surface area contributed by atoms with Crippen LogP contribution in [0.3, 0.4) is 0 Å². The fourth-order valence-corrected chi connectivity index (χ4v) is 0.691. The lowest BCUT2D eigenvalue weighted by Crippen LogP contribution is -2.28. The fourth-order valence-electron chi connectivity index (χ4n) is 0.691. The third kappa shape index (κ3) is 3.40. The van der Waals surface area contributed by atoms with Gasteiger partial charge in [0.25, 0.3) is 0 Å². The second-order valence-electron chi connectivity index (χ2n) is 2.54. The highest BCUT2D eigenvalue weighted by molar-refractivity contribution is 4.62. The van der Waals surface area contributed by atoms with Gasteiger partial charge in [-0.3, -0.25) is 10.1 Å². The average molecular weight is 146 g/mol. The first-order valence-corrected chi connectivity index (χ1v) is 3.47. The van der Waals surface area contributed by atoms with Crippen molar-refractivity contribution in [2.45, 2.75) is 38.8 Å². The van der Waals surface area contributed by atoms with Crippen LogP contribution in [0.5, 0.6) is 0 Å². The van der Waals surface area contributed by atoms with Crippen LogP contribution in [0.15, 0.2) is 0 Å². The maximum Gasteiger partial charge on any atom is 0.211 e. The summed E-state index contributed by atoms with van der Waals surface area (Å²) < 4.78 is 0. The topological polar surface area (TPSA) is 69.2 Å². The Bertz CT molecular complexity index is 116. The van der Waals surface area contributed by atoms with Gasteiger partial charge >= 0.3 is 0 Å². The molecule has 0 rings (SSSR count). The zero-order valence-corrected chi connectivity index (χ0v) is 6.41. The number of hydrogen-bond donors (Lipinski definition) is 1. The van der Waals surface area contributed by atoms with Crippen LogP contribution in [-0.2, 0) is 0 Å². The lowest BCUT2D eigenvalue weighted by Gasteiger charge is -2.08. The maximum atomic E-state index is 10.1. The SMILES string of the molecule is CCC(N)CC(C)[N+](=O)[O-]. The Morgan fingerprint density at radius 3 is 2.50 bits per heavy atom. The van der Waals surface area contributed by atoms with E-state index in [1.807, 2.05) is 6.92 Å². The molecule has 0 fully saturated rings. The van der Waals surface area contributed by atoms with E-state index < -0.39 is 6.04 Å². The zero-order chi connectivity index (χ0) is 8.15. The summed E-state index contributed by atoms with van der Waals surface area (Å²) in [7, 11) is 0. The number of rotatable bonds is 4. The smallest absolute Gasteiger partial charge is 0.211 e. The van der Waals surface area contributed by atoms with E-state index in [2.05, 4.69) is 0 Å². The number of nitrogens with zero attached hydrogens (tertiary/aromatic N) is 1. The third-order valence-corrected chi connectivity index (χ3v) is 1.53. The molecule has 4 heteroatoms. The molecule has 2 atom stereocenters. The first-order chi connectivity index (χ1) is 4.57.